The van der Waals surface area contributed by atoms with Gasteiger partial charge in [-0.3, -0.25) is 9.69 Å². The number of nitrogens with zero attached hydrogens (tertiary/aromatic N) is 5. The van der Waals surface area contributed by atoms with Crippen molar-refractivity contribution in [2.24, 2.45) is 0 Å². The maximum atomic E-state index is 12.8. The first-order valence-electron chi connectivity index (χ1n) is 10.6. The van der Waals surface area contributed by atoms with Crippen LogP contribution in [0.1, 0.15) is 18.5 Å². The van der Waals surface area contributed by atoms with Crippen LogP contribution in [0.5, 0.6) is 5.75 Å². The van der Waals surface area contributed by atoms with E-state index in [1.807, 2.05) is 35.2 Å². The van der Waals surface area contributed by atoms with Crippen LogP contribution in [-0.2, 0) is 4.79 Å². The Kier molecular flexibility index (Phi) is 6.96. The van der Waals surface area contributed by atoms with Crippen LogP contribution in [0.15, 0.2) is 59.8 Å². The maximum absolute atomic E-state index is 12.8. The van der Waals surface area contributed by atoms with Crippen LogP contribution in [0.25, 0.3) is 11.4 Å². The van der Waals surface area contributed by atoms with Crippen molar-refractivity contribution in [2.75, 3.05) is 44.9 Å². The molecule has 1 fully saturated rings. The molecule has 1 amide bonds. The Morgan fingerprint density at radius 2 is 1.75 bits per heavy atom. The second kappa shape index (κ2) is 10.1. The third kappa shape index (κ3) is 4.89. The first-order valence-corrected chi connectivity index (χ1v) is 11.6. The molecular weight excluding hydrogens is 424 g/mol. The van der Waals surface area contributed by atoms with Crippen LogP contribution in [-0.4, -0.2) is 69.6 Å². The molecule has 4 rings (SSSR count). The molecule has 1 aliphatic heterocycles. The molecule has 2 heterocycles. The summed E-state index contributed by atoms with van der Waals surface area (Å²) in [7, 11) is 1.62. The lowest BCUT2D eigenvalue weighted by molar-refractivity contribution is -0.130. The molecule has 2 N–H and O–H groups in total. The molecule has 3 aromatic rings. The minimum Gasteiger partial charge on any atom is -0.497 e. The predicted octanol–water partition coefficient (Wildman–Crippen LogP) is 2.67. The topological polar surface area (TPSA) is 89.5 Å². The number of hydrogen-bond acceptors (Lipinski definition) is 7. The molecule has 9 heteroatoms. The van der Waals surface area contributed by atoms with Crippen LogP contribution in [0.4, 0.5) is 0 Å². The number of aromatic nitrogens is 3. The molecule has 0 aliphatic carbocycles. The maximum Gasteiger partial charge on any atom is 0.233 e. The highest BCUT2D eigenvalue weighted by Crippen LogP contribution is 2.25. The van der Waals surface area contributed by atoms with Gasteiger partial charge in [0.05, 0.1) is 12.9 Å². The summed E-state index contributed by atoms with van der Waals surface area (Å²) in [6, 6.07) is 18.3. The normalized spacial score (nSPS) is 15.5. The number of ether oxygens (including phenoxy) is 1. The fourth-order valence-electron chi connectivity index (χ4n) is 3.83. The summed E-state index contributed by atoms with van der Waals surface area (Å²) in [4.78, 5) is 17.1. The number of piperazine rings is 1. The van der Waals surface area contributed by atoms with Gasteiger partial charge < -0.3 is 15.5 Å². The van der Waals surface area contributed by atoms with E-state index >= 15 is 0 Å². The van der Waals surface area contributed by atoms with Crippen molar-refractivity contribution < 1.29 is 9.53 Å². The van der Waals surface area contributed by atoms with Crippen molar-refractivity contribution in [3.8, 4) is 17.1 Å². The van der Waals surface area contributed by atoms with Crippen LogP contribution in [0, 0.1) is 0 Å². The van der Waals surface area contributed by atoms with Crippen molar-refractivity contribution in [3.63, 3.8) is 0 Å². The summed E-state index contributed by atoms with van der Waals surface area (Å²) in [5, 5.41) is 8.86. The molecule has 168 valence electrons. The van der Waals surface area contributed by atoms with Crippen LogP contribution < -0.4 is 10.6 Å². The van der Waals surface area contributed by atoms with E-state index in [0.29, 0.717) is 17.0 Å². The van der Waals surface area contributed by atoms with Crippen molar-refractivity contribution in [2.45, 2.75) is 18.1 Å². The zero-order chi connectivity index (χ0) is 22.5. The molecule has 8 nitrogen and oxygen atoms in total. The van der Waals surface area contributed by atoms with Gasteiger partial charge in [0.15, 0.2) is 5.82 Å². The molecule has 0 radical (unpaired) electrons. The number of methoxy groups -OCH3 is 1. The number of benzene rings is 2. The summed E-state index contributed by atoms with van der Waals surface area (Å²) in [6.45, 7) is 5.39. The zero-order valence-electron chi connectivity index (χ0n) is 18.3. The van der Waals surface area contributed by atoms with E-state index in [2.05, 4.69) is 46.3 Å². The number of nitrogen functional groups attached to an aromatic ring is 1. The van der Waals surface area contributed by atoms with E-state index < -0.39 is 0 Å². The molecule has 1 atom stereocenters. The standard InChI is InChI=1S/C23H28N6O2S/c1-17(18-6-4-3-5-7-18)27-12-14-28(15-13-27)21(30)16-32-23-26-25-22(29(23)24)19-8-10-20(31-2)11-9-19/h3-11,17H,12-16,24H2,1-2H3. The lowest BCUT2D eigenvalue weighted by Gasteiger charge is -2.38. The van der Waals surface area contributed by atoms with Crippen LogP contribution in [0.2, 0.25) is 0 Å². The van der Waals surface area contributed by atoms with Gasteiger partial charge in [-0.2, -0.15) is 0 Å². The van der Waals surface area contributed by atoms with Gasteiger partial charge in [0.25, 0.3) is 0 Å². The van der Waals surface area contributed by atoms with Crippen molar-refractivity contribution >= 4 is 17.7 Å². The molecule has 0 spiro atoms. The number of carbonyl (C=O) groups excluding carboxylic acids is 1. The predicted molar refractivity (Wildman–Crippen MR) is 126 cm³/mol. The largest absolute Gasteiger partial charge is 0.497 e. The van der Waals surface area contributed by atoms with E-state index in [4.69, 9.17) is 10.6 Å². The second-order valence-corrected chi connectivity index (χ2v) is 8.64. The Morgan fingerprint density at radius 3 is 2.41 bits per heavy atom. The first-order chi connectivity index (χ1) is 15.6. The van der Waals surface area contributed by atoms with E-state index in [9.17, 15) is 4.79 Å². The van der Waals surface area contributed by atoms with Gasteiger partial charge >= 0.3 is 0 Å². The number of carbonyl (C=O) groups is 1. The lowest BCUT2D eigenvalue weighted by Crippen LogP contribution is -2.49. The van der Waals surface area contributed by atoms with E-state index in [1.165, 1.54) is 22.0 Å². The Labute approximate surface area is 192 Å². The summed E-state index contributed by atoms with van der Waals surface area (Å²) >= 11 is 1.31. The van der Waals surface area contributed by atoms with Crippen molar-refractivity contribution in [1.82, 2.24) is 24.7 Å². The van der Waals surface area contributed by atoms with Gasteiger partial charge in [0, 0.05) is 37.8 Å². The molecule has 2 aromatic carbocycles. The molecule has 1 aromatic heterocycles. The molecule has 1 unspecified atom stereocenters. The van der Waals surface area contributed by atoms with E-state index in [-0.39, 0.29) is 11.7 Å². The molecule has 0 saturated carbocycles. The fraction of sp³-hybridized carbons (Fsp3) is 0.348. The van der Waals surface area contributed by atoms with Crippen LogP contribution >= 0.6 is 11.8 Å². The number of thioether (sulfide) groups is 1. The van der Waals surface area contributed by atoms with Gasteiger partial charge in [-0.15, -0.1) is 10.2 Å². The minimum atomic E-state index is 0.0935. The number of nitrogens with two attached hydrogens (primary N) is 1. The van der Waals surface area contributed by atoms with Crippen LogP contribution in [0.3, 0.4) is 0 Å². The van der Waals surface area contributed by atoms with Crippen molar-refractivity contribution in [3.05, 3.63) is 60.2 Å². The van der Waals surface area contributed by atoms with Gasteiger partial charge in [0.1, 0.15) is 5.75 Å². The summed E-state index contributed by atoms with van der Waals surface area (Å²) in [5.41, 5.74) is 2.14. The third-order valence-electron chi connectivity index (χ3n) is 5.83. The quantitative estimate of drug-likeness (QED) is 0.435. The second-order valence-electron chi connectivity index (χ2n) is 7.70. The Bertz CT molecular complexity index is 1030. The highest BCUT2D eigenvalue weighted by atomic mass is 32.2. The zero-order valence-corrected chi connectivity index (χ0v) is 19.2. The van der Waals surface area contributed by atoms with E-state index in [1.54, 1.807) is 7.11 Å². The van der Waals surface area contributed by atoms with Crippen molar-refractivity contribution in [1.29, 1.82) is 0 Å². The highest BCUT2D eigenvalue weighted by Gasteiger charge is 2.25. The monoisotopic (exact) mass is 452 g/mol. The molecule has 0 bridgehead atoms. The van der Waals surface area contributed by atoms with Gasteiger partial charge in [-0.05, 0) is 36.8 Å². The number of hydrogen-bond donors (Lipinski definition) is 1. The summed E-state index contributed by atoms with van der Waals surface area (Å²) in [5.74, 6) is 7.87. The molecular formula is C23H28N6O2S. The minimum absolute atomic E-state index is 0.0935. The summed E-state index contributed by atoms with van der Waals surface area (Å²) in [6.07, 6.45) is 0. The number of amides is 1. The molecule has 32 heavy (non-hydrogen) atoms. The van der Waals surface area contributed by atoms with Gasteiger partial charge in [-0.25, -0.2) is 4.68 Å². The highest BCUT2D eigenvalue weighted by molar-refractivity contribution is 7.99. The fourth-order valence-corrected chi connectivity index (χ4v) is 4.59. The first kappa shape index (κ1) is 22.2. The summed E-state index contributed by atoms with van der Waals surface area (Å²) < 4.78 is 6.61. The average molecular weight is 453 g/mol. The smallest absolute Gasteiger partial charge is 0.233 e. The van der Waals surface area contributed by atoms with E-state index in [0.717, 1.165) is 37.5 Å². The van der Waals surface area contributed by atoms with Gasteiger partial charge in [0.2, 0.25) is 11.1 Å². The molecule has 1 aliphatic rings. The third-order valence-corrected chi connectivity index (χ3v) is 6.76. The lowest BCUT2D eigenvalue weighted by atomic mass is 10.1. The number of rotatable bonds is 7. The SMILES string of the molecule is COc1ccc(-c2nnc(SCC(=O)N3CCN(C(C)c4ccccc4)CC3)n2N)cc1. The molecule has 1 saturated heterocycles. The Balaban J connectivity index is 1.29. The van der Waals surface area contributed by atoms with Gasteiger partial charge in [-0.1, -0.05) is 42.1 Å². The Hall–Kier alpha value is -3.04. The Morgan fingerprint density at radius 1 is 1.06 bits per heavy atom. The average Bonchev–Trinajstić information content (AvgIpc) is 3.22.